The van der Waals surface area contributed by atoms with Crippen molar-refractivity contribution in [1.29, 1.82) is 0 Å². The van der Waals surface area contributed by atoms with Crippen molar-refractivity contribution < 1.29 is 4.79 Å². The van der Waals surface area contributed by atoms with Gasteiger partial charge in [0.15, 0.2) is 5.78 Å². The van der Waals surface area contributed by atoms with E-state index < -0.39 is 0 Å². The van der Waals surface area contributed by atoms with Crippen LogP contribution in [0.4, 0.5) is 5.69 Å². The molecule has 22 heavy (non-hydrogen) atoms. The van der Waals surface area contributed by atoms with Crippen molar-refractivity contribution in [3.8, 4) is 0 Å². The number of para-hydroxylation sites is 1. The Morgan fingerprint density at radius 3 is 2.41 bits per heavy atom. The van der Waals surface area contributed by atoms with Gasteiger partial charge >= 0.3 is 0 Å². The molecule has 0 saturated carbocycles. The third-order valence-electron chi connectivity index (χ3n) is 4.20. The molecule has 1 fully saturated rings. The maximum Gasteiger partial charge on any atom is 0.159 e. The van der Waals surface area contributed by atoms with Gasteiger partial charge in [0.1, 0.15) is 0 Å². The number of piperazine rings is 1. The van der Waals surface area contributed by atoms with Crippen LogP contribution in [-0.2, 0) is 6.42 Å². The number of hydrogen-bond donors (Lipinski definition) is 1. The average molecular weight is 294 g/mol. The van der Waals surface area contributed by atoms with Crippen LogP contribution in [0.5, 0.6) is 0 Å². The monoisotopic (exact) mass is 294 g/mol. The number of carbonyl (C=O) groups is 1. The number of hydrogen-bond acceptors (Lipinski definition) is 3. The van der Waals surface area contributed by atoms with Crippen LogP contribution < -0.4 is 10.2 Å². The predicted molar refractivity (Wildman–Crippen MR) is 90.8 cm³/mol. The maximum atomic E-state index is 11.4. The number of rotatable bonds is 4. The second-order valence-corrected chi connectivity index (χ2v) is 5.80. The summed E-state index contributed by atoms with van der Waals surface area (Å²) in [7, 11) is 0. The number of Topliss-reactive ketones (excluding diaryl/α,β-unsaturated/α-hetero) is 1. The summed E-state index contributed by atoms with van der Waals surface area (Å²) in [5.41, 5.74) is 4.70. The topological polar surface area (TPSA) is 32.3 Å². The van der Waals surface area contributed by atoms with Gasteiger partial charge in [0.2, 0.25) is 0 Å². The van der Waals surface area contributed by atoms with Gasteiger partial charge in [0, 0.05) is 37.4 Å². The van der Waals surface area contributed by atoms with Crippen molar-refractivity contribution in [1.82, 2.24) is 5.32 Å². The van der Waals surface area contributed by atoms with E-state index in [0.29, 0.717) is 0 Å². The van der Waals surface area contributed by atoms with Crippen molar-refractivity contribution in [2.45, 2.75) is 13.3 Å². The molecule has 0 radical (unpaired) electrons. The number of nitrogens with one attached hydrogen (secondary N) is 1. The number of benzene rings is 2. The lowest BCUT2D eigenvalue weighted by atomic mass is 10.0. The van der Waals surface area contributed by atoms with Crippen molar-refractivity contribution in [2.24, 2.45) is 0 Å². The molecule has 3 nitrogen and oxygen atoms in total. The Bertz CT molecular complexity index is 643. The normalized spacial score (nSPS) is 14.9. The number of anilines is 1. The molecule has 0 atom stereocenters. The zero-order valence-corrected chi connectivity index (χ0v) is 13.0. The van der Waals surface area contributed by atoms with Crippen molar-refractivity contribution in [3.05, 3.63) is 65.2 Å². The first-order valence-corrected chi connectivity index (χ1v) is 7.87. The first kappa shape index (κ1) is 14.8. The predicted octanol–water partition coefficient (Wildman–Crippen LogP) is 2.89. The lowest BCUT2D eigenvalue weighted by molar-refractivity contribution is 0.101. The maximum absolute atomic E-state index is 11.4. The van der Waals surface area contributed by atoms with Gasteiger partial charge in [-0.25, -0.2) is 0 Å². The summed E-state index contributed by atoms with van der Waals surface area (Å²) in [5.74, 6) is 0.118. The molecule has 0 unspecified atom stereocenters. The number of nitrogens with zero attached hydrogens (tertiary/aromatic N) is 1. The molecule has 3 rings (SSSR count). The van der Waals surface area contributed by atoms with E-state index in [4.69, 9.17) is 0 Å². The second-order valence-electron chi connectivity index (χ2n) is 5.80. The zero-order valence-electron chi connectivity index (χ0n) is 13.0. The summed E-state index contributed by atoms with van der Waals surface area (Å²) in [6, 6.07) is 16.6. The van der Waals surface area contributed by atoms with E-state index in [-0.39, 0.29) is 5.78 Å². The molecule has 1 aliphatic heterocycles. The largest absolute Gasteiger partial charge is 0.369 e. The fraction of sp³-hybridized carbons (Fsp3) is 0.316. The molecule has 0 bridgehead atoms. The van der Waals surface area contributed by atoms with Gasteiger partial charge in [-0.3, -0.25) is 4.79 Å². The first-order chi connectivity index (χ1) is 10.7. The molecular weight excluding hydrogens is 272 g/mol. The third kappa shape index (κ3) is 3.37. The molecule has 1 aliphatic rings. The summed E-state index contributed by atoms with van der Waals surface area (Å²) < 4.78 is 0. The highest BCUT2D eigenvalue weighted by molar-refractivity contribution is 5.94. The molecule has 2 aromatic carbocycles. The quantitative estimate of drug-likeness (QED) is 0.880. The van der Waals surface area contributed by atoms with E-state index in [1.165, 1.54) is 16.8 Å². The Kier molecular flexibility index (Phi) is 4.54. The second kappa shape index (κ2) is 6.75. The van der Waals surface area contributed by atoms with E-state index in [9.17, 15) is 4.79 Å². The summed E-state index contributed by atoms with van der Waals surface area (Å²) >= 11 is 0. The minimum absolute atomic E-state index is 0.118. The van der Waals surface area contributed by atoms with E-state index >= 15 is 0 Å². The van der Waals surface area contributed by atoms with Crippen LogP contribution in [0.2, 0.25) is 0 Å². The van der Waals surface area contributed by atoms with Gasteiger partial charge in [-0.2, -0.15) is 0 Å². The highest BCUT2D eigenvalue weighted by Crippen LogP contribution is 2.23. The highest BCUT2D eigenvalue weighted by Gasteiger charge is 2.13. The van der Waals surface area contributed by atoms with Crippen LogP contribution in [0.1, 0.15) is 28.4 Å². The van der Waals surface area contributed by atoms with Crippen molar-refractivity contribution in [2.75, 3.05) is 31.1 Å². The average Bonchev–Trinajstić information content (AvgIpc) is 2.57. The Hall–Kier alpha value is -2.13. The lowest BCUT2D eigenvalue weighted by Crippen LogP contribution is -2.43. The molecular formula is C19H22N2O. The van der Waals surface area contributed by atoms with Crippen LogP contribution in [0.25, 0.3) is 0 Å². The summed E-state index contributed by atoms with van der Waals surface area (Å²) in [4.78, 5) is 13.8. The van der Waals surface area contributed by atoms with Gasteiger partial charge in [-0.15, -0.1) is 0 Å². The highest BCUT2D eigenvalue weighted by atomic mass is 16.1. The Morgan fingerprint density at radius 1 is 1.05 bits per heavy atom. The molecule has 3 heteroatoms. The Morgan fingerprint density at radius 2 is 1.73 bits per heavy atom. The minimum Gasteiger partial charge on any atom is -0.369 e. The van der Waals surface area contributed by atoms with Crippen LogP contribution in [-0.4, -0.2) is 32.0 Å². The van der Waals surface area contributed by atoms with Crippen LogP contribution in [0, 0.1) is 0 Å². The van der Waals surface area contributed by atoms with E-state index in [2.05, 4.69) is 46.6 Å². The summed E-state index contributed by atoms with van der Waals surface area (Å²) in [6.07, 6.45) is 0.901. The van der Waals surface area contributed by atoms with Crippen molar-refractivity contribution in [3.63, 3.8) is 0 Å². The first-order valence-electron chi connectivity index (χ1n) is 7.87. The zero-order chi connectivity index (χ0) is 15.4. The molecule has 1 saturated heterocycles. The summed E-state index contributed by atoms with van der Waals surface area (Å²) in [6.45, 7) is 5.80. The van der Waals surface area contributed by atoms with Gasteiger partial charge in [-0.1, -0.05) is 42.5 Å². The number of ketones is 1. The fourth-order valence-electron chi connectivity index (χ4n) is 2.95. The molecule has 0 aliphatic carbocycles. The minimum atomic E-state index is 0.118. The fourth-order valence-corrected chi connectivity index (χ4v) is 2.95. The van der Waals surface area contributed by atoms with E-state index in [1.807, 2.05) is 12.1 Å². The van der Waals surface area contributed by atoms with E-state index in [0.717, 1.165) is 38.2 Å². The SMILES string of the molecule is CC(=O)c1ccc(Cc2ccccc2N2CCNCC2)cc1. The smallest absolute Gasteiger partial charge is 0.159 e. The molecule has 0 amide bonds. The Labute approximate surface area is 132 Å². The third-order valence-corrected chi connectivity index (χ3v) is 4.20. The van der Waals surface area contributed by atoms with E-state index in [1.54, 1.807) is 6.92 Å². The number of carbonyl (C=O) groups excluding carboxylic acids is 1. The van der Waals surface area contributed by atoms with Gasteiger partial charge < -0.3 is 10.2 Å². The summed E-state index contributed by atoms with van der Waals surface area (Å²) in [5, 5.41) is 3.40. The standard InChI is InChI=1S/C19H22N2O/c1-15(22)17-8-6-16(7-9-17)14-18-4-2-3-5-19(18)21-12-10-20-11-13-21/h2-9,20H,10-14H2,1H3. The lowest BCUT2D eigenvalue weighted by Gasteiger charge is -2.31. The molecule has 0 spiro atoms. The van der Waals surface area contributed by atoms with Crippen LogP contribution in [0.15, 0.2) is 48.5 Å². The molecule has 1 N–H and O–H groups in total. The molecule has 0 aromatic heterocycles. The van der Waals surface area contributed by atoms with Crippen LogP contribution >= 0.6 is 0 Å². The van der Waals surface area contributed by atoms with Crippen molar-refractivity contribution >= 4 is 11.5 Å². The molecule has 114 valence electrons. The Balaban J connectivity index is 1.81. The van der Waals surface area contributed by atoms with Crippen LogP contribution in [0.3, 0.4) is 0 Å². The molecule has 2 aromatic rings. The van der Waals surface area contributed by atoms with Gasteiger partial charge in [-0.05, 0) is 30.5 Å². The van der Waals surface area contributed by atoms with Gasteiger partial charge in [0.25, 0.3) is 0 Å². The van der Waals surface area contributed by atoms with Gasteiger partial charge in [0.05, 0.1) is 0 Å². The molecule has 1 heterocycles.